The fourth-order valence-electron chi connectivity index (χ4n) is 3.60. The van der Waals surface area contributed by atoms with Gasteiger partial charge in [-0.25, -0.2) is 9.97 Å². The van der Waals surface area contributed by atoms with E-state index in [0.29, 0.717) is 12.4 Å². The Bertz CT molecular complexity index is 919. The summed E-state index contributed by atoms with van der Waals surface area (Å²) < 4.78 is 78.5. The molecule has 1 aromatic heterocycles. The zero-order chi connectivity index (χ0) is 23.2. The highest BCUT2D eigenvalue weighted by molar-refractivity contribution is 6.09. The highest BCUT2D eigenvalue weighted by atomic mass is 19.4. The minimum absolute atomic E-state index is 0.0359. The molecular weight excluding hydrogens is 434 g/mol. The first-order chi connectivity index (χ1) is 14.2. The summed E-state index contributed by atoms with van der Waals surface area (Å²) in [6.07, 6.45) is -9.45. The molecule has 2 aliphatic heterocycles. The Morgan fingerprint density at radius 1 is 1.13 bits per heavy atom. The topological polar surface area (TPSA) is 131 Å². The first-order valence-corrected chi connectivity index (χ1v) is 9.05. The molecule has 1 saturated heterocycles. The number of halogens is 6. The summed E-state index contributed by atoms with van der Waals surface area (Å²) in [6.45, 7) is 0.370. The molecule has 3 heterocycles. The van der Waals surface area contributed by atoms with Gasteiger partial charge in [0, 0.05) is 37.1 Å². The third-order valence-electron chi connectivity index (χ3n) is 5.26. The van der Waals surface area contributed by atoms with Gasteiger partial charge in [-0.05, 0) is 12.8 Å². The lowest BCUT2D eigenvalue weighted by Gasteiger charge is -2.38. The maximum absolute atomic E-state index is 13.5. The van der Waals surface area contributed by atoms with E-state index < -0.39 is 53.2 Å². The van der Waals surface area contributed by atoms with Crippen molar-refractivity contribution in [3.63, 3.8) is 0 Å². The van der Waals surface area contributed by atoms with Crippen molar-refractivity contribution in [2.45, 2.75) is 37.2 Å². The standard InChI is InChI=1S/C17H18F6N6O2/c18-16(19,20)9-6-26-14(27-7-9)29-3-1-8(2-4-29)12(24)11-13(25)28-10(30)5-15(11,31)17(21,22)23/h6-8,31H,1-5,24H2,(H2,25,28,30). The molecule has 170 valence electrons. The molecular formula is C17H18F6N6O2. The number of carbonyl (C=O) groups excluding carboxylic acids is 1. The molecule has 1 unspecified atom stereocenters. The number of carbonyl (C=O) groups is 1. The summed E-state index contributed by atoms with van der Waals surface area (Å²) in [5.74, 6) is -2.62. The van der Waals surface area contributed by atoms with Crippen LogP contribution in [0.4, 0.5) is 32.3 Å². The third-order valence-corrected chi connectivity index (χ3v) is 5.26. The van der Waals surface area contributed by atoms with Crippen LogP contribution in [0.1, 0.15) is 24.8 Å². The maximum Gasteiger partial charge on any atom is 0.422 e. The van der Waals surface area contributed by atoms with Crippen molar-refractivity contribution in [1.82, 2.24) is 9.97 Å². The van der Waals surface area contributed by atoms with E-state index in [-0.39, 0.29) is 37.6 Å². The molecule has 8 nitrogen and oxygen atoms in total. The molecule has 3 rings (SSSR count). The fourth-order valence-corrected chi connectivity index (χ4v) is 3.60. The number of rotatable bonds is 2. The highest BCUT2D eigenvalue weighted by Crippen LogP contribution is 2.43. The molecule has 31 heavy (non-hydrogen) atoms. The number of piperidine rings is 1. The molecule has 0 saturated carbocycles. The van der Waals surface area contributed by atoms with E-state index >= 15 is 0 Å². The Kier molecular flexibility index (Phi) is 5.63. The summed E-state index contributed by atoms with van der Waals surface area (Å²) >= 11 is 0. The van der Waals surface area contributed by atoms with Gasteiger partial charge in [0.05, 0.1) is 17.6 Å². The number of nitrogens with two attached hydrogens (primary N) is 2. The van der Waals surface area contributed by atoms with Crippen LogP contribution in [0.15, 0.2) is 28.7 Å². The zero-order valence-electron chi connectivity index (χ0n) is 15.8. The summed E-state index contributed by atoms with van der Waals surface area (Å²) in [5, 5.41) is 10.3. The van der Waals surface area contributed by atoms with Crippen LogP contribution in [0.2, 0.25) is 0 Å². The highest BCUT2D eigenvalue weighted by Gasteiger charge is 2.60. The number of hydrogen-bond donors (Lipinski definition) is 3. The van der Waals surface area contributed by atoms with E-state index in [1.54, 1.807) is 4.90 Å². The minimum Gasteiger partial charge on any atom is -0.401 e. The second-order valence-corrected chi connectivity index (χ2v) is 7.29. The lowest BCUT2D eigenvalue weighted by atomic mass is 9.80. The van der Waals surface area contributed by atoms with Crippen molar-refractivity contribution < 1.29 is 36.2 Å². The summed E-state index contributed by atoms with van der Waals surface area (Å²) in [6, 6.07) is 0. The van der Waals surface area contributed by atoms with Gasteiger partial charge in [-0.1, -0.05) is 0 Å². The number of alkyl halides is 6. The van der Waals surface area contributed by atoms with Crippen LogP contribution >= 0.6 is 0 Å². The first-order valence-electron chi connectivity index (χ1n) is 9.05. The molecule has 1 fully saturated rings. The van der Waals surface area contributed by atoms with Gasteiger partial charge in [0.25, 0.3) is 5.91 Å². The van der Waals surface area contributed by atoms with E-state index in [4.69, 9.17) is 11.5 Å². The van der Waals surface area contributed by atoms with E-state index in [1.165, 1.54) is 0 Å². The van der Waals surface area contributed by atoms with Gasteiger partial charge >= 0.3 is 12.4 Å². The molecule has 14 heteroatoms. The summed E-state index contributed by atoms with van der Waals surface area (Å²) in [4.78, 5) is 23.7. The van der Waals surface area contributed by atoms with Crippen LogP contribution in [0.25, 0.3) is 0 Å². The number of amides is 1. The molecule has 0 radical (unpaired) electrons. The number of aliphatic imine (C=N–C) groups is 1. The Hall–Kier alpha value is -2.90. The SMILES string of the molecule is NC1=NC(=O)CC(O)(C(F)(F)F)C1=C(N)C1CCN(c2ncc(C(F)(F)F)cn2)CC1. The number of hydrogen-bond acceptors (Lipinski definition) is 7. The summed E-state index contributed by atoms with van der Waals surface area (Å²) in [7, 11) is 0. The smallest absolute Gasteiger partial charge is 0.401 e. The second kappa shape index (κ2) is 7.66. The minimum atomic E-state index is -5.21. The molecule has 0 spiro atoms. The van der Waals surface area contributed by atoms with E-state index in [9.17, 15) is 36.2 Å². The average molecular weight is 452 g/mol. The van der Waals surface area contributed by atoms with Gasteiger partial charge < -0.3 is 21.5 Å². The van der Waals surface area contributed by atoms with E-state index in [0.717, 1.165) is 0 Å². The van der Waals surface area contributed by atoms with Gasteiger partial charge in [-0.3, -0.25) is 4.79 Å². The Morgan fingerprint density at radius 3 is 2.16 bits per heavy atom. The van der Waals surface area contributed by atoms with Gasteiger partial charge in [-0.15, -0.1) is 0 Å². The number of allylic oxidation sites excluding steroid dienone is 1. The van der Waals surface area contributed by atoms with Crippen molar-refractivity contribution in [3.05, 3.63) is 29.2 Å². The van der Waals surface area contributed by atoms with Crippen molar-refractivity contribution in [2.75, 3.05) is 18.0 Å². The van der Waals surface area contributed by atoms with Crippen LogP contribution in [-0.2, 0) is 11.0 Å². The fraction of sp³-hybridized carbons (Fsp3) is 0.529. The predicted octanol–water partition coefficient (Wildman–Crippen LogP) is 1.51. The van der Waals surface area contributed by atoms with Crippen molar-refractivity contribution >= 4 is 17.7 Å². The second-order valence-electron chi connectivity index (χ2n) is 7.29. The first kappa shape index (κ1) is 22.8. The molecule has 1 atom stereocenters. The Balaban J connectivity index is 1.81. The molecule has 2 aliphatic rings. The predicted molar refractivity (Wildman–Crippen MR) is 95.4 cm³/mol. The van der Waals surface area contributed by atoms with Crippen LogP contribution in [0.3, 0.4) is 0 Å². The lowest BCUT2D eigenvalue weighted by molar-refractivity contribution is -0.244. The third kappa shape index (κ3) is 4.29. The van der Waals surface area contributed by atoms with Crippen LogP contribution < -0.4 is 16.4 Å². The number of aliphatic hydroxyl groups is 1. The number of aromatic nitrogens is 2. The Labute approximate surface area is 171 Å². The van der Waals surface area contributed by atoms with Crippen LogP contribution in [-0.4, -0.2) is 51.7 Å². The molecule has 5 N–H and O–H groups in total. The monoisotopic (exact) mass is 452 g/mol. The summed E-state index contributed by atoms with van der Waals surface area (Å²) in [5.41, 5.74) is 5.77. The van der Waals surface area contributed by atoms with Gasteiger partial charge in [0.15, 0.2) is 5.60 Å². The van der Waals surface area contributed by atoms with Crippen LogP contribution in [0, 0.1) is 5.92 Å². The molecule has 0 aromatic carbocycles. The van der Waals surface area contributed by atoms with Gasteiger partial charge in [-0.2, -0.15) is 31.3 Å². The zero-order valence-corrected chi connectivity index (χ0v) is 15.8. The Morgan fingerprint density at radius 2 is 1.68 bits per heavy atom. The quantitative estimate of drug-likeness (QED) is 0.580. The lowest BCUT2D eigenvalue weighted by Crippen LogP contribution is -2.55. The number of anilines is 1. The average Bonchev–Trinajstić information content (AvgIpc) is 2.66. The van der Waals surface area contributed by atoms with Crippen molar-refractivity contribution in [3.8, 4) is 0 Å². The molecule has 0 bridgehead atoms. The molecule has 1 amide bonds. The van der Waals surface area contributed by atoms with Gasteiger partial charge in [0.1, 0.15) is 5.84 Å². The van der Waals surface area contributed by atoms with Crippen molar-refractivity contribution in [1.29, 1.82) is 0 Å². The maximum atomic E-state index is 13.5. The molecule has 0 aliphatic carbocycles. The largest absolute Gasteiger partial charge is 0.422 e. The number of amidine groups is 1. The number of nitrogens with zero attached hydrogens (tertiary/aromatic N) is 4. The van der Waals surface area contributed by atoms with E-state index in [1.807, 2.05) is 0 Å². The van der Waals surface area contributed by atoms with Crippen molar-refractivity contribution in [2.24, 2.45) is 22.4 Å². The van der Waals surface area contributed by atoms with Crippen LogP contribution in [0.5, 0.6) is 0 Å². The van der Waals surface area contributed by atoms with E-state index in [2.05, 4.69) is 15.0 Å². The normalized spacial score (nSPS) is 25.5. The van der Waals surface area contributed by atoms with Gasteiger partial charge in [0.2, 0.25) is 5.95 Å². The molecule has 1 aromatic rings.